The van der Waals surface area contributed by atoms with Crippen LogP contribution in [0.5, 0.6) is 0 Å². The van der Waals surface area contributed by atoms with Crippen LogP contribution in [0.3, 0.4) is 0 Å². The highest BCUT2D eigenvalue weighted by molar-refractivity contribution is 7.18. The molecule has 0 bridgehead atoms. The monoisotopic (exact) mass is 404 g/mol. The van der Waals surface area contributed by atoms with Gasteiger partial charge < -0.3 is 15.4 Å². The summed E-state index contributed by atoms with van der Waals surface area (Å²) in [5.74, 6) is 0.637. The second kappa shape index (κ2) is 9.12. The zero-order valence-corrected chi connectivity index (χ0v) is 16.8. The number of aromatic nitrogens is 2. The maximum atomic E-state index is 12.1. The predicted octanol–water partition coefficient (Wildman–Crippen LogP) is 4.03. The summed E-state index contributed by atoms with van der Waals surface area (Å²) in [4.78, 5) is 22.7. The van der Waals surface area contributed by atoms with Gasteiger partial charge in [-0.05, 0) is 48.7 Å². The highest BCUT2D eigenvalue weighted by atomic mass is 35.5. The van der Waals surface area contributed by atoms with Crippen molar-refractivity contribution in [2.45, 2.75) is 19.9 Å². The number of hydrogen-bond donors (Lipinski definition) is 2. The second-order valence-electron chi connectivity index (χ2n) is 6.07. The van der Waals surface area contributed by atoms with Crippen LogP contribution in [0.25, 0.3) is 10.2 Å². The molecular weight excluding hydrogens is 384 g/mol. The summed E-state index contributed by atoms with van der Waals surface area (Å²) < 4.78 is 4.97. The van der Waals surface area contributed by atoms with Crippen LogP contribution in [0.15, 0.2) is 30.3 Å². The normalized spacial score (nSPS) is 10.9. The van der Waals surface area contributed by atoms with Crippen LogP contribution >= 0.6 is 22.9 Å². The van der Waals surface area contributed by atoms with Gasteiger partial charge in [0.2, 0.25) is 5.28 Å². The van der Waals surface area contributed by atoms with E-state index in [0.717, 1.165) is 27.1 Å². The molecule has 8 heteroatoms. The molecule has 0 radical (unpaired) electrons. The molecule has 0 aliphatic carbocycles. The third kappa shape index (κ3) is 5.15. The third-order valence-electron chi connectivity index (χ3n) is 3.98. The number of anilines is 1. The van der Waals surface area contributed by atoms with E-state index in [4.69, 9.17) is 16.3 Å². The molecule has 142 valence electrons. The van der Waals surface area contributed by atoms with E-state index in [1.165, 1.54) is 0 Å². The summed E-state index contributed by atoms with van der Waals surface area (Å²) in [6.45, 7) is 3.84. The van der Waals surface area contributed by atoms with Crippen LogP contribution in [0, 0.1) is 6.92 Å². The molecule has 0 fully saturated rings. The molecule has 27 heavy (non-hydrogen) atoms. The quantitative estimate of drug-likeness (QED) is 0.438. The maximum absolute atomic E-state index is 12.1. The molecular formula is C19H21ClN4O2S. The van der Waals surface area contributed by atoms with Gasteiger partial charge in [0, 0.05) is 37.2 Å². The molecule has 0 aliphatic rings. The minimum atomic E-state index is -0.0800. The van der Waals surface area contributed by atoms with Crippen LogP contribution in [0.4, 0.5) is 5.82 Å². The fraction of sp³-hybridized carbons (Fsp3) is 0.316. The number of amides is 1. The third-order valence-corrected chi connectivity index (χ3v) is 5.09. The number of methoxy groups -OCH3 is 1. The standard InChI is InChI=1S/C19H21ClN4O2S/c1-12-10-15-16(23-19(20)24-18(15)27-12)22-11-13-4-6-14(7-5-13)17(25)21-8-3-9-26-2/h4-7,10H,3,8-9,11H2,1-2H3,(H,21,25)(H,22,23,24). The first-order valence-electron chi connectivity index (χ1n) is 8.60. The number of thiophene rings is 1. The van der Waals surface area contributed by atoms with Crippen molar-refractivity contribution in [1.29, 1.82) is 0 Å². The smallest absolute Gasteiger partial charge is 0.251 e. The molecule has 0 spiro atoms. The van der Waals surface area contributed by atoms with Gasteiger partial charge in [0.15, 0.2) is 0 Å². The molecule has 2 aromatic heterocycles. The molecule has 1 aromatic carbocycles. The number of hydrogen-bond acceptors (Lipinski definition) is 6. The molecule has 0 saturated heterocycles. The van der Waals surface area contributed by atoms with Crippen molar-refractivity contribution >= 4 is 44.9 Å². The van der Waals surface area contributed by atoms with Crippen molar-refractivity contribution in [2.24, 2.45) is 0 Å². The van der Waals surface area contributed by atoms with Crippen molar-refractivity contribution in [2.75, 3.05) is 25.6 Å². The average Bonchev–Trinajstić information content (AvgIpc) is 3.03. The number of nitrogens with zero attached hydrogens (tertiary/aromatic N) is 2. The maximum Gasteiger partial charge on any atom is 0.251 e. The fourth-order valence-corrected chi connectivity index (χ4v) is 3.73. The summed E-state index contributed by atoms with van der Waals surface area (Å²) in [6.07, 6.45) is 0.794. The number of nitrogens with one attached hydrogen (secondary N) is 2. The Labute approximate surface area is 166 Å². The van der Waals surface area contributed by atoms with E-state index in [2.05, 4.69) is 26.7 Å². The van der Waals surface area contributed by atoms with Crippen LogP contribution in [-0.4, -0.2) is 36.1 Å². The van der Waals surface area contributed by atoms with Crippen LogP contribution in [0.1, 0.15) is 27.2 Å². The Balaban J connectivity index is 1.61. The Hall–Kier alpha value is -2.22. The van der Waals surface area contributed by atoms with Gasteiger partial charge in [0.05, 0.1) is 5.39 Å². The van der Waals surface area contributed by atoms with Crippen molar-refractivity contribution in [3.8, 4) is 0 Å². The number of ether oxygens (including phenoxy) is 1. The molecule has 2 heterocycles. The number of carbonyl (C=O) groups excluding carboxylic acids is 1. The van der Waals surface area contributed by atoms with E-state index in [1.807, 2.05) is 31.2 Å². The predicted molar refractivity (Wildman–Crippen MR) is 110 cm³/mol. The molecule has 2 N–H and O–H groups in total. The van der Waals surface area contributed by atoms with E-state index < -0.39 is 0 Å². The average molecular weight is 405 g/mol. The summed E-state index contributed by atoms with van der Waals surface area (Å²) in [6, 6.07) is 9.54. The Morgan fingerprint density at radius 2 is 2.04 bits per heavy atom. The lowest BCUT2D eigenvalue weighted by Crippen LogP contribution is -2.25. The van der Waals surface area contributed by atoms with Gasteiger partial charge in [-0.2, -0.15) is 0 Å². The van der Waals surface area contributed by atoms with E-state index in [1.54, 1.807) is 18.4 Å². The Morgan fingerprint density at radius 3 is 2.78 bits per heavy atom. The van der Waals surface area contributed by atoms with Gasteiger partial charge in [-0.3, -0.25) is 4.79 Å². The molecule has 1 amide bonds. The zero-order chi connectivity index (χ0) is 19.2. The van der Waals surface area contributed by atoms with Gasteiger partial charge in [-0.25, -0.2) is 9.97 Å². The van der Waals surface area contributed by atoms with Gasteiger partial charge in [0.1, 0.15) is 10.6 Å². The molecule has 6 nitrogen and oxygen atoms in total. The molecule has 3 aromatic rings. The Bertz CT molecular complexity index is 927. The number of benzene rings is 1. The minimum absolute atomic E-state index is 0.0800. The van der Waals surface area contributed by atoms with Crippen LogP contribution < -0.4 is 10.6 Å². The number of carbonyl (C=O) groups is 1. The van der Waals surface area contributed by atoms with Crippen molar-refractivity contribution in [3.63, 3.8) is 0 Å². The summed E-state index contributed by atoms with van der Waals surface area (Å²) in [7, 11) is 1.65. The first-order valence-corrected chi connectivity index (χ1v) is 9.80. The summed E-state index contributed by atoms with van der Waals surface area (Å²) in [5.41, 5.74) is 1.68. The zero-order valence-electron chi connectivity index (χ0n) is 15.2. The van der Waals surface area contributed by atoms with Crippen molar-refractivity contribution < 1.29 is 9.53 Å². The number of fused-ring (bicyclic) bond motifs is 1. The van der Waals surface area contributed by atoms with Crippen molar-refractivity contribution in [1.82, 2.24) is 15.3 Å². The number of halogens is 1. The van der Waals surface area contributed by atoms with E-state index in [-0.39, 0.29) is 11.2 Å². The van der Waals surface area contributed by atoms with Crippen LogP contribution in [-0.2, 0) is 11.3 Å². The van der Waals surface area contributed by atoms with E-state index >= 15 is 0 Å². The van der Waals surface area contributed by atoms with E-state index in [0.29, 0.717) is 31.1 Å². The van der Waals surface area contributed by atoms with Crippen molar-refractivity contribution in [3.05, 3.63) is 51.6 Å². The largest absolute Gasteiger partial charge is 0.385 e. The second-order valence-corrected chi connectivity index (χ2v) is 7.64. The molecule has 0 unspecified atom stereocenters. The lowest BCUT2D eigenvalue weighted by atomic mass is 10.1. The lowest BCUT2D eigenvalue weighted by Gasteiger charge is -2.09. The minimum Gasteiger partial charge on any atom is -0.385 e. The lowest BCUT2D eigenvalue weighted by molar-refractivity contribution is 0.0948. The first kappa shape index (κ1) is 19.5. The molecule has 0 aliphatic heterocycles. The topological polar surface area (TPSA) is 76.1 Å². The van der Waals surface area contributed by atoms with Gasteiger partial charge in [0.25, 0.3) is 5.91 Å². The summed E-state index contributed by atoms with van der Waals surface area (Å²) >= 11 is 7.61. The molecule has 0 atom stereocenters. The molecule has 3 rings (SSSR count). The van der Waals surface area contributed by atoms with Gasteiger partial charge in [-0.15, -0.1) is 11.3 Å². The SMILES string of the molecule is COCCCNC(=O)c1ccc(CNc2nc(Cl)nc3sc(C)cc23)cc1. The number of aryl methyl sites for hydroxylation is 1. The summed E-state index contributed by atoms with van der Waals surface area (Å²) in [5, 5.41) is 7.38. The van der Waals surface area contributed by atoms with Crippen LogP contribution in [0.2, 0.25) is 5.28 Å². The Kier molecular flexibility index (Phi) is 6.60. The van der Waals surface area contributed by atoms with E-state index in [9.17, 15) is 4.79 Å². The molecule has 0 saturated carbocycles. The Morgan fingerprint density at radius 1 is 1.26 bits per heavy atom. The highest BCUT2D eigenvalue weighted by Gasteiger charge is 2.10. The fourth-order valence-electron chi connectivity index (χ4n) is 2.63. The van der Waals surface area contributed by atoms with Gasteiger partial charge in [-0.1, -0.05) is 12.1 Å². The first-order chi connectivity index (χ1) is 13.1. The highest BCUT2D eigenvalue weighted by Crippen LogP contribution is 2.29. The number of rotatable bonds is 8. The van der Waals surface area contributed by atoms with Gasteiger partial charge >= 0.3 is 0 Å².